The van der Waals surface area contributed by atoms with Crippen LogP contribution in [0.15, 0.2) is 47.8 Å². The summed E-state index contributed by atoms with van der Waals surface area (Å²) in [4.78, 5) is 31.5. The highest BCUT2D eigenvalue weighted by atomic mass is 32.1. The number of carbonyl (C=O) groups is 2. The Morgan fingerprint density at radius 3 is 2.73 bits per heavy atom. The van der Waals surface area contributed by atoms with Gasteiger partial charge in [-0.2, -0.15) is 0 Å². The van der Waals surface area contributed by atoms with Crippen molar-refractivity contribution >= 4 is 34.0 Å². The molecule has 0 spiro atoms. The zero-order valence-electron chi connectivity index (χ0n) is 16.7. The van der Waals surface area contributed by atoms with E-state index in [0.717, 1.165) is 12.1 Å². The van der Waals surface area contributed by atoms with E-state index in [-0.39, 0.29) is 18.2 Å². The quantitative estimate of drug-likeness (QED) is 0.656. The summed E-state index contributed by atoms with van der Waals surface area (Å²) in [7, 11) is 3.05. The van der Waals surface area contributed by atoms with Gasteiger partial charge in [0, 0.05) is 23.2 Å². The Balaban J connectivity index is 1.41. The van der Waals surface area contributed by atoms with E-state index >= 15 is 0 Å². The number of fused-ring (bicyclic) bond motifs is 1. The first-order chi connectivity index (χ1) is 14.6. The minimum Gasteiger partial charge on any atom is -0.493 e. The number of aromatic nitrogens is 1. The summed E-state index contributed by atoms with van der Waals surface area (Å²) in [6.45, 7) is 0.686. The highest BCUT2D eigenvalue weighted by Crippen LogP contribution is 2.29. The van der Waals surface area contributed by atoms with E-state index in [9.17, 15) is 9.59 Å². The number of hydrogen-bond acceptors (Lipinski definition) is 6. The Morgan fingerprint density at radius 2 is 1.93 bits per heavy atom. The number of nitrogens with one attached hydrogen (secondary N) is 1. The monoisotopic (exact) mass is 423 g/mol. The van der Waals surface area contributed by atoms with Gasteiger partial charge in [0.1, 0.15) is 0 Å². The summed E-state index contributed by atoms with van der Waals surface area (Å²) in [5.74, 6) is 0.716. The Labute approximate surface area is 178 Å². The van der Waals surface area contributed by atoms with Crippen LogP contribution in [-0.4, -0.2) is 37.6 Å². The lowest BCUT2D eigenvalue weighted by atomic mass is 10.2. The zero-order valence-corrected chi connectivity index (χ0v) is 17.5. The molecule has 8 heteroatoms. The highest BCUT2D eigenvalue weighted by molar-refractivity contribution is 7.14. The molecule has 0 saturated heterocycles. The molecule has 2 amide bonds. The number of methoxy groups -OCH3 is 2. The van der Waals surface area contributed by atoms with Crippen LogP contribution >= 0.6 is 11.3 Å². The first-order valence-corrected chi connectivity index (χ1v) is 10.3. The van der Waals surface area contributed by atoms with E-state index in [1.54, 1.807) is 28.5 Å². The number of hydrogen-bond donors (Lipinski definition) is 1. The van der Waals surface area contributed by atoms with Crippen molar-refractivity contribution in [2.24, 2.45) is 0 Å². The van der Waals surface area contributed by atoms with Crippen LogP contribution in [0.3, 0.4) is 0 Å². The third-order valence-corrected chi connectivity index (χ3v) is 5.75. The van der Waals surface area contributed by atoms with Crippen molar-refractivity contribution in [1.29, 1.82) is 0 Å². The molecular weight excluding hydrogens is 402 g/mol. The number of anilines is 2. The molecule has 1 N–H and O–H groups in total. The molecule has 0 atom stereocenters. The Kier molecular flexibility index (Phi) is 5.67. The van der Waals surface area contributed by atoms with Gasteiger partial charge in [0.25, 0.3) is 5.91 Å². The van der Waals surface area contributed by atoms with Gasteiger partial charge >= 0.3 is 0 Å². The van der Waals surface area contributed by atoms with Crippen LogP contribution in [0.5, 0.6) is 11.5 Å². The van der Waals surface area contributed by atoms with Crippen LogP contribution in [0, 0.1) is 0 Å². The molecule has 2 heterocycles. The normalized spacial score (nSPS) is 12.4. The topological polar surface area (TPSA) is 80.8 Å². The van der Waals surface area contributed by atoms with Gasteiger partial charge in [-0.15, -0.1) is 11.3 Å². The van der Waals surface area contributed by atoms with Gasteiger partial charge in [-0.1, -0.05) is 18.2 Å². The first-order valence-electron chi connectivity index (χ1n) is 9.45. The molecule has 2 aromatic carbocycles. The number of rotatable bonds is 6. The number of benzene rings is 2. The van der Waals surface area contributed by atoms with Crippen molar-refractivity contribution in [2.75, 3.05) is 31.0 Å². The summed E-state index contributed by atoms with van der Waals surface area (Å²) in [5, 5.41) is 5.01. The number of amides is 2. The summed E-state index contributed by atoms with van der Waals surface area (Å²) in [6.07, 6.45) is 1.06. The van der Waals surface area contributed by atoms with Crippen molar-refractivity contribution < 1.29 is 19.1 Å². The number of nitrogens with zero attached hydrogens (tertiary/aromatic N) is 2. The van der Waals surface area contributed by atoms with Gasteiger partial charge < -0.3 is 14.4 Å². The van der Waals surface area contributed by atoms with E-state index in [1.165, 1.54) is 31.1 Å². The second-order valence-corrected chi connectivity index (χ2v) is 7.63. The molecule has 3 aromatic rings. The number of ether oxygens (including phenoxy) is 2. The molecule has 7 nitrogen and oxygen atoms in total. The fourth-order valence-corrected chi connectivity index (χ4v) is 4.15. The second kappa shape index (κ2) is 8.54. The fraction of sp³-hybridized carbons (Fsp3) is 0.227. The summed E-state index contributed by atoms with van der Waals surface area (Å²) >= 11 is 1.29. The maximum Gasteiger partial charge on any atom is 0.257 e. The molecule has 0 fully saturated rings. The third kappa shape index (κ3) is 3.99. The molecule has 0 bridgehead atoms. The lowest BCUT2D eigenvalue weighted by molar-refractivity contribution is -0.117. The predicted octanol–water partition coefficient (Wildman–Crippen LogP) is 3.54. The number of para-hydroxylation sites is 1. The lowest BCUT2D eigenvalue weighted by Gasteiger charge is -2.16. The maximum atomic E-state index is 12.7. The molecule has 4 rings (SSSR count). The fourth-order valence-electron chi connectivity index (χ4n) is 3.44. The maximum absolute atomic E-state index is 12.7. The van der Waals surface area contributed by atoms with Crippen molar-refractivity contribution in [3.8, 4) is 11.5 Å². The van der Waals surface area contributed by atoms with Gasteiger partial charge in [-0.05, 0) is 36.2 Å². The molecule has 0 saturated carbocycles. The van der Waals surface area contributed by atoms with E-state index in [0.29, 0.717) is 34.4 Å². The van der Waals surface area contributed by atoms with Crippen molar-refractivity contribution in [1.82, 2.24) is 4.98 Å². The molecule has 0 radical (unpaired) electrons. The summed E-state index contributed by atoms with van der Waals surface area (Å²) in [5.41, 5.74) is 3.22. The molecule has 1 aliphatic heterocycles. The highest BCUT2D eigenvalue weighted by Gasteiger charge is 2.24. The van der Waals surface area contributed by atoms with Crippen LogP contribution in [-0.2, 0) is 17.6 Å². The van der Waals surface area contributed by atoms with E-state index in [2.05, 4.69) is 10.3 Å². The summed E-state index contributed by atoms with van der Waals surface area (Å²) < 4.78 is 10.4. The number of thiazole rings is 1. The number of carbonyl (C=O) groups excluding carboxylic acids is 2. The lowest BCUT2D eigenvalue weighted by Crippen LogP contribution is -2.30. The summed E-state index contributed by atoms with van der Waals surface area (Å²) in [6, 6.07) is 12.9. The minimum absolute atomic E-state index is 0.00279. The molecule has 1 aliphatic rings. The van der Waals surface area contributed by atoms with Crippen LogP contribution in [0.2, 0.25) is 0 Å². The van der Waals surface area contributed by atoms with Crippen LogP contribution in [0.25, 0.3) is 0 Å². The smallest absolute Gasteiger partial charge is 0.257 e. The molecular formula is C22H21N3O4S. The minimum atomic E-state index is -0.309. The molecule has 1 aromatic heterocycles. The van der Waals surface area contributed by atoms with Gasteiger partial charge in [0.05, 0.1) is 26.3 Å². The zero-order chi connectivity index (χ0) is 21.1. The molecule has 30 heavy (non-hydrogen) atoms. The second-order valence-electron chi connectivity index (χ2n) is 6.77. The van der Waals surface area contributed by atoms with Crippen LogP contribution in [0.1, 0.15) is 21.6 Å². The molecule has 154 valence electrons. The van der Waals surface area contributed by atoms with E-state index in [1.807, 2.05) is 24.3 Å². The van der Waals surface area contributed by atoms with Crippen LogP contribution in [0.4, 0.5) is 10.8 Å². The van der Waals surface area contributed by atoms with Crippen molar-refractivity contribution in [2.45, 2.75) is 12.8 Å². The first kappa shape index (κ1) is 19.9. The molecule has 0 aliphatic carbocycles. The van der Waals surface area contributed by atoms with Crippen molar-refractivity contribution in [3.63, 3.8) is 0 Å². The van der Waals surface area contributed by atoms with Crippen molar-refractivity contribution in [3.05, 3.63) is 64.7 Å². The molecule has 0 unspecified atom stereocenters. The van der Waals surface area contributed by atoms with Gasteiger partial charge in [-0.25, -0.2) is 4.98 Å². The van der Waals surface area contributed by atoms with E-state index in [4.69, 9.17) is 9.47 Å². The Bertz CT molecular complexity index is 1100. The van der Waals surface area contributed by atoms with Gasteiger partial charge in [0.15, 0.2) is 16.6 Å². The average Bonchev–Trinajstić information content (AvgIpc) is 3.39. The predicted molar refractivity (Wildman–Crippen MR) is 116 cm³/mol. The van der Waals surface area contributed by atoms with E-state index < -0.39 is 0 Å². The Hall–Kier alpha value is -3.39. The third-order valence-electron chi connectivity index (χ3n) is 4.94. The SMILES string of the molecule is COc1ccc(C(=O)Nc2nc(CC(=O)N3CCc4ccccc43)cs2)cc1OC. The average molecular weight is 423 g/mol. The standard InChI is InChI=1S/C22H21N3O4S/c1-28-18-8-7-15(11-19(18)29-2)21(27)24-22-23-16(13-30-22)12-20(26)25-10-9-14-5-3-4-6-17(14)25/h3-8,11,13H,9-10,12H2,1-2H3,(H,23,24,27). The van der Waals surface area contributed by atoms with Gasteiger partial charge in [0.2, 0.25) is 5.91 Å². The largest absolute Gasteiger partial charge is 0.493 e. The van der Waals surface area contributed by atoms with Crippen LogP contribution < -0.4 is 19.7 Å². The van der Waals surface area contributed by atoms with Gasteiger partial charge in [-0.3, -0.25) is 14.9 Å². The Morgan fingerprint density at radius 1 is 1.13 bits per heavy atom.